The molecule has 16 heavy (non-hydrogen) atoms. The van der Waals surface area contributed by atoms with Crippen molar-refractivity contribution in [1.29, 1.82) is 0 Å². The zero-order chi connectivity index (χ0) is 12.1. The Morgan fingerprint density at radius 1 is 1.56 bits per heavy atom. The van der Waals surface area contributed by atoms with Gasteiger partial charge in [-0.3, -0.25) is 0 Å². The molecule has 1 aromatic rings. The molecule has 4 nitrogen and oxygen atoms in total. The first kappa shape index (κ1) is 12.3. The Labute approximate surface area is 93.8 Å². The van der Waals surface area contributed by atoms with Crippen LogP contribution in [0.2, 0.25) is 0 Å². The first-order valence-electron chi connectivity index (χ1n) is 4.87. The number of urea groups is 1. The van der Waals surface area contributed by atoms with Crippen LogP contribution in [-0.2, 0) is 6.42 Å². The Morgan fingerprint density at radius 3 is 2.75 bits per heavy atom. The van der Waals surface area contributed by atoms with Crippen LogP contribution in [0.5, 0.6) is 5.75 Å². The SMILES string of the molecule is COc1ccc(CCN(C)C(N)=O)cc1F. The molecule has 1 aromatic carbocycles. The minimum absolute atomic E-state index is 0.215. The van der Waals surface area contributed by atoms with E-state index in [2.05, 4.69) is 0 Å². The van der Waals surface area contributed by atoms with E-state index < -0.39 is 11.8 Å². The molecule has 0 radical (unpaired) electrons. The summed E-state index contributed by atoms with van der Waals surface area (Å²) >= 11 is 0. The number of ether oxygens (including phenoxy) is 1. The standard InChI is InChI=1S/C11H15FN2O2/c1-14(11(13)15)6-5-8-3-4-10(16-2)9(12)7-8/h3-4,7H,5-6H2,1-2H3,(H2,13,15). The highest BCUT2D eigenvalue weighted by molar-refractivity contribution is 5.71. The van der Waals surface area contributed by atoms with Crippen LogP contribution in [0.4, 0.5) is 9.18 Å². The number of nitrogens with zero attached hydrogens (tertiary/aromatic N) is 1. The van der Waals surface area contributed by atoms with Crippen LogP contribution in [0.25, 0.3) is 0 Å². The molecule has 0 saturated heterocycles. The lowest BCUT2D eigenvalue weighted by atomic mass is 10.1. The van der Waals surface area contributed by atoms with Gasteiger partial charge in [-0.2, -0.15) is 0 Å². The van der Waals surface area contributed by atoms with Crippen LogP contribution >= 0.6 is 0 Å². The number of carbonyl (C=O) groups excluding carboxylic acids is 1. The van der Waals surface area contributed by atoms with Gasteiger partial charge in [-0.25, -0.2) is 9.18 Å². The molecule has 0 bridgehead atoms. The number of primary amides is 1. The lowest BCUT2D eigenvalue weighted by molar-refractivity contribution is 0.219. The summed E-state index contributed by atoms with van der Waals surface area (Å²) in [4.78, 5) is 12.1. The van der Waals surface area contributed by atoms with Crippen molar-refractivity contribution in [1.82, 2.24) is 4.90 Å². The van der Waals surface area contributed by atoms with E-state index in [1.165, 1.54) is 18.1 Å². The minimum Gasteiger partial charge on any atom is -0.494 e. The highest BCUT2D eigenvalue weighted by Gasteiger charge is 2.06. The molecule has 0 fully saturated rings. The van der Waals surface area contributed by atoms with E-state index in [-0.39, 0.29) is 5.75 Å². The molecule has 1 rings (SSSR count). The molecule has 0 atom stereocenters. The Balaban J connectivity index is 2.62. The maximum Gasteiger partial charge on any atom is 0.314 e. The summed E-state index contributed by atoms with van der Waals surface area (Å²) in [6, 6.07) is 4.23. The van der Waals surface area contributed by atoms with Crippen LogP contribution < -0.4 is 10.5 Å². The third-order valence-corrected chi connectivity index (χ3v) is 2.33. The zero-order valence-electron chi connectivity index (χ0n) is 9.37. The van der Waals surface area contributed by atoms with E-state index in [1.54, 1.807) is 19.2 Å². The molecule has 5 heteroatoms. The summed E-state index contributed by atoms with van der Waals surface area (Å²) in [6.07, 6.45) is 0.556. The third-order valence-electron chi connectivity index (χ3n) is 2.33. The van der Waals surface area contributed by atoms with Gasteiger partial charge in [0.15, 0.2) is 11.6 Å². The Kier molecular flexibility index (Phi) is 4.10. The first-order valence-corrected chi connectivity index (χ1v) is 4.87. The maximum atomic E-state index is 13.3. The highest BCUT2D eigenvalue weighted by Crippen LogP contribution is 2.17. The molecule has 0 saturated carbocycles. The highest BCUT2D eigenvalue weighted by atomic mass is 19.1. The fourth-order valence-corrected chi connectivity index (χ4v) is 1.27. The van der Waals surface area contributed by atoms with Crippen molar-refractivity contribution >= 4 is 6.03 Å². The number of benzene rings is 1. The Hall–Kier alpha value is -1.78. The molecule has 88 valence electrons. The van der Waals surface area contributed by atoms with Crippen molar-refractivity contribution < 1.29 is 13.9 Å². The average molecular weight is 226 g/mol. The number of hydrogen-bond donors (Lipinski definition) is 1. The summed E-state index contributed by atoms with van der Waals surface area (Å²) in [5.74, 6) is -0.186. The summed E-state index contributed by atoms with van der Waals surface area (Å²) in [7, 11) is 3.02. The van der Waals surface area contributed by atoms with Gasteiger partial charge in [-0.15, -0.1) is 0 Å². The van der Waals surface area contributed by atoms with Crippen LogP contribution in [0.3, 0.4) is 0 Å². The third kappa shape index (κ3) is 3.12. The Bertz CT molecular complexity index is 382. The van der Waals surface area contributed by atoms with E-state index in [4.69, 9.17) is 10.5 Å². The zero-order valence-corrected chi connectivity index (χ0v) is 9.37. The second-order valence-electron chi connectivity index (χ2n) is 3.48. The van der Waals surface area contributed by atoms with Crippen LogP contribution in [0.15, 0.2) is 18.2 Å². The predicted molar refractivity (Wildman–Crippen MR) is 58.9 cm³/mol. The fraction of sp³-hybridized carbons (Fsp3) is 0.364. The predicted octanol–water partition coefficient (Wildman–Crippen LogP) is 1.39. The molecule has 0 aliphatic heterocycles. The lowest BCUT2D eigenvalue weighted by Crippen LogP contribution is -2.33. The molecule has 0 unspecified atom stereocenters. The summed E-state index contributed by atoms with van der Waals surface area (Å²) in [5, 5.41) is 0. The van der Waals surface area contributed by atoms with Gasteiger partial charge in [-0.05, 0) is 24.1 Å². The molecule has 2 amide bonds. The number of halogens is 1. The minimum atomic E-state index is -0.492. The van der Waals surface area contributed by atoms with E-state index in [9.17, 15) is 9.18 Å². The summed E-state index contributed by atoms with van der Waals surface area (Å²) in [6.45, 7) is 0.459. The van der Waals surface area contributed by atoms with Crippen molar-refractivity contribution in [2.24, 2.45) is 5.73 Å². The van der Waals surface area contributed by atoms with Crippen molar-refractivity contribution in [3.63, 3.8) is 0 Å². The van der Waals surface area contributed by atoms with Gasteiger partial charge in [0.25, 0.3) is 0 Å². The van der Waals surface area contributed by atoms with E-state index in [0.717, 1.165) is 5.56 Å². The Morgan fingerprint density at radius 2 is 2.25 bits per heavy atom. The van der Waals surface area contributed by atoms with E-state index >= 15 is 0 Å². The van der Waals surface area contributed by atoms with Crippen molar-refractivity contribution in [2.75, 3.05) is 20.7 Å². The molecule has 0 heterocycles. The second-order valence-corrected chi connectivity index (χ2v) is 3.48. The van der Waals surface area contributed by atoms with Gasteiger partial charge < -0.3 is 15.4 Å². The molecule has 0 aliphatic rings. The molecule has 2 N–H and O–H groups in total. The van der Waals surface area contributed by atoms with Gasteiger partial charge in [-0.1, -0.05) is 6.07 Å². The van der Waals surface area contributed by atoms with Crippen LogP contribution in [0.1, 0.15) is 5.56 Å². The van der Waals surface area contributed by atoms with Gasteiger partial charge in [0.1, 0.15) is 0 Å². The lowest BCUT2D eigenvalue weighted by Gasteiger charge is -2.13. The second kappa shape index (κ2) is 5.34. The molecular weight excluding hydrogens is 211 g/mol. The maximum absolute atomic E-state index is 13.3. The number of likely N-dealkylation sites (N-methyl/N-ethyl adjacent to an activating group) is 1. The average Bonchev–Trinajstić information content (AvgIpc) is 2.25. The fourth-order valence-electron chi connectivity index (χ4n) is 1.27. The van der Waals surface area contributed by atoms with Gasteiger partial charge in [0, 0.05) is 13.6 Å². The number of rotatable bonds is 4. The van der Waals surface area contributed by atoms with Crippen LogP contribution in [0, 0.1) is 5.82 Å². The summed E-state index contributed by atoms with van der Waals surface area (Å²) in [5.41, 5.74) is 5.87. The number of carbonyl (C=O) groups is 1. The monoisotopic (exact) mass is 226 g/mol. The smallest absolute Gasteiger partial charge is 0.314 e. The van der Waals surface area contributed by atoms with Crippen molar-refractivity contribution in [3.8, 4) is 5.75 Å². The van der Waals surface area contributed by atoms with Gasteiger partial charge >= 0.3 is 6.03 Å². The summed E-state index contributed by atoms with van der Waals surface area (Å²) < 4.78 is 18.1. The van der Waals surface area contributed by atoms with E-state index in [1.807, 2.05) is 0 Å². The normalized spacial score (nSPS) is 9.94. The molecular formula is C11H15FN2O2. The van der Waals surface area contributed by atoms with Gasteiger partial charge in [0.2, 0.25) is 0 Å². The largest absolute Gasteiger partial charge is 0.494 e. The quantitative estimate of drug-likeness (QED) is 0.843. The topological polar surface area (TPSA) is 55.6 Å². The van der Waals surface area contributed by atoms with Crippen molar-refractivity contribution in [3.05, 3.63) is 29.6 Å². The molecule has 0 aliphatic carbocycles. The van der Waals surface area contributed by atoms with Crippen molar-refractivity contribution in [2.45, 2.75) is 6.42 Å². The molecule has 0 spiro atoms. The van der Waals surface area contributed by atoms with Crippen LogP contribution in [-0.4, -0.2) is 31.6 Å². The molecule has 0 aromatic heterocycles. The number of methoxy groups -OCH3 is 1. The van der Waals surface area contributed by atoms with Gasteiger partial charge in [0.05, 0.1) is 7.11 Å². The number of amides is 2. The van der Waals surface area contributed by atoms with E-state index in [0.29, 0.717) is 13.0 Å². The first-order chi connectivity index (χ1) is 7.54. The number of nitrogens with two attached hydrogens (primary N) is 1. The number of hydrogen-bond acceptors (Lipinski definition) is 2.